The van der Waals surface area contributed by atoms with E-state index in [9.17, 15) is 14.4 Å². The van der Waals surface area contributed by atoms with Crippen LogP contribution in [0.5, 0.6) is 0 Å². The summed E-state index contributed by atoms with van der Waals surface area (Å²) < 4.78 is 0. The number of carboxylic acid groups (broad SMARTS) is 3. The van der Waals surface area contributed by atoms with E-state index in [1.807, 2.05) is 6.07 Å². The van der Waals surface area contributed by atoms with Crippen LogP contribution < -0.4 is 0 Å². The van der Waals surface area contributed by atoms with Crippen LogP contribution in [-0.4, -0.2) is 33.2 Å². The third-order valence-electron chi connectivity index (χ3n) is 3.52. The van der Waals surface area contributed by atoms with Gasteiger partial charge in [-0.1, -0.05) is 56.2 Å². The zero-order valence-corrected chi connectivity index (χ0v) is 18.5. The predicted molar refractivity (Wildman–Crippen MR) is 107 cm³/mol. The summed E-state index contributed by atoms with van der Waals surface area (Å²) in [4.78, 5) is 28.1. The molecule has 1 aliphatic carbocycles. The minimum Gasteiger partial charge on any atom is -0.481 e. The zero-order chi connectivity index (χ0) is 21.5. The predicted octanol–water partition coefficient (Wildman–Crippen LogP) is 4.50. The molecular weight excluding hydrogens is 408 g/mol. The average molecular weight is 435 g/mol. The van der Waals surface area contributed by atoms with E-state index in [-0.39, 0.29) is 41.0 Å². The Balaban J connectivity index is 0. The summed E-state index contributed by atoms with van der Waals surface area (Å²) in [5.41, 5.74) is 5.51. The fraction of sp³-hybridized carbons (Fsp3) is 0.318. The van der Waals surface area contributed by atoms with Gasteiger partial charge < -0.3 is 15.3 Å². The fourth-order valence-electron chi connectivity index (χ4n) is 2.00. The van der Waals surface area contributed by atoms with Crippen LogP contribution in [0.25, 0.3) is 11.1 Å². The largest absolute Gasteiger partial charge is 0.481 e. The van der Waals surface area contributed by atoms with Gasteiger partial charge in [-0.05, 0) is 6.42 Å². The van der Waals surface area contributed by atoms with Gasteiger partial charge in [0.25, 0.3) is 0 Å². The molecule has 2 aromatic rings. The van der Waals surface area contributed by atoms with E-state index in [0.717, 1.165) is 6.42 Å². The van der Waals surface area contributed by atoms with Crippen molar-refractivity contribution < 1.29 is 51.4 Å². The van der Waals surface area contributed by atoms with Crippen molar-refractivity contribution in [1.29, 1.82) is 0 Å². The zero-order valence-electron chi connectivity index (χ0n) is 16.9. The van der Waals surface area contributed by atoms with Crippen LogP contribution in [0.1, 0.15) is 51.2 Å². The molecule has 3 N–H and O–H groups in total. The molecule has 6 nitrogen and oxygen atoms in total. The molecular formula is C22H27O6Ti-. The quantitative estimate of drug-likeness (QED) is 0.413. The maximum Gasteiger partial charge on any atom is 0.303 e. The summed E-state index contributed by atoms with van der Waals surface area (Å²) >= 11 is 0. The first-order valence-electron chi connectivity index (χ1n) is 8.99. The molecule has 0 radical (unpaired) electrons. The van der Waals surface area contributed by atoms with Crippen LogP contribution in [0.2, 0.25) is 0 Å². The van der Waals surface area contributed by atoms with Gasteiger partial charge in [0.2, 0.25) is 0 Å². The molecule has 0 saturated carbocycles. The van der Waals surface area contributed by atoms with E-state index in [0.29, 0.717) is 0 Å². The monoisotopic (exact) mass is 435 g/mol. The molecule has 0 heterocycles. The molecule has 0 aliphatic heterocycles. The molecule has 156 valence electrons. The Morgan fingerprint density at radius 1 is 0.793 bits per heavy atom. The number of fused-ring (bicyclic) bond motifs is 3. The van der Waals surface area contributed by atoms with E-state index >= 15 is 0 Å². The number of carboxylic acids is 3. The van der Waals surface area contributed by atoms with Gasteiger partial charge in [-0.3, -0.25) is 14.4 Å². The topological polar surface area (TPSA) is 112 Å². The number of hydrogen-bond acceptors (Lipinski definition) is 3. The third-order valence-corrected chi connectivity index (χ3v) is 3.52. The minimum atomic E-state index is -0.745. The number of rotatable bonds is 3. The number of aliphatic carboxylic acids is 3. The molecule has 0 amide bonds. The summed E-state index contributed by atoms with van der Waals surface area (Å²) in [5, 5.41) is 23.2. The second-order valence-corrected chi connectivity index (χ2v) is 5.64. The molecule has 2 aromatic carbocycles. The van der Waals surface area contributed by atoms with Gasteiger partial charge in [-0.2, -0.15) is 29.8 Å². The Hall–Kier alpha value is -2.44. The van der Waals surface area contributed by atoms with E-state index < -0.39 is 17.9 Å². The van der Waals surface area contributed by atoms with Gasteiger partial charge in [0, 0.05) is 41.0 Å². The van der Waals surface area contributed by atoms with E-state index in [1.54, 1.807) is 20.8 Å². The molecule has 0 atom stereocenters. The Morgan fingerprint density at radius 2 is 1.21 bits per heavy atom. The Bertz CT molecular complexity index is 697. The first-order chi connectivity index (χ1) is 13.3. The third kappa shape index (κ3) is 12.6. The Labute approximate surface area is 186 Å². The molecule has 0 aromatic heterocycles. The Morgan fingerprint density at radius 3 is 1.66 bits per heavy atom. The van der Waals surface area contributed by atoms with Crippen molar-refractivity contribution in [3.05, 3.63) is 59.7 Å². The van der Waals surface area contributed by atoms with Crippen molar-refractivity contribution >= 4 is 17.9 Å². The van der Waals surface area contributed by atoms with Crippen LogP contribution in [-0.2, 0) is 42.5 Å². The second kappa shape index (κ2) is 16.5. The summed E-state index contributed by atoms with van der Waals surface area (Å²) in [6, 6.07) is 18.1. The van der Waals surface area contributed by atoms with Crippen molar-refractivity contribution in [2.45, 2.75) is 46.5 Å². The first-order valence-corrected chi connectivity index (χ1v) is 8.99. The summed E-state index contributed by atoms with van der Waals surface area (Å²) in [5.74, 6) is -2.24. The molecule has 0 bridgehead atoms. The van der Waals surface area contributed by atoms with Gasteiger partial charge >= 0.3 is 17.9 Å². The van der Waals surface area contributed by atoms with Crippen LogP contribution in [0.3, 0.4) is 0 Å². The molecule has 29 heavy (non-hydrogen) atoms. The van der Waals surface area contributed by atoms with Crippen molar-refractivity contribution in [3.63, 3.8) is 0 Å². The molecule has 0 fully saturated rings. The summed E-state index contributed by atoms with van der Waals surface area (Å²) in [6.45, 7) is 4.80. The van der Waals surface area contributed by atoms with Crippen molar-refractivity contribution in [3.8, 4) is 11.1 Å². The number of carbonyl (C=O) groups is 3. The molecule has 1 aliphatic rings. The average Bonchev–Trinajstić information content (AvgIpc) is 3.08. The van der Waals surface area contributed by atoms with Crippen LogP contribution in [0.15, 0.2) is 42.5 Å². The van der Waals surface area contributed by atoms with Gasteiger partial charge in [-0.15, -0.1) is 5.56 Å². The second-order valence-electron chi connectivity index (χ2n) is 5.64. The van der Waals surface area contributed by atoms with Crippen molar-refractivity contribution in [1.82, 2.24) is 0 Å². The molecule has 0 unspecified atom stereocenters. The normalized spacial score (nSPS) is 9.34. The molecule has 7 heteroatoms. The van der Waals surface area contributed by atoms with Crippen molar-refractivity contribution in [2.75, 3.05) is 0 Å². The van der Waals surface area contributed by atoms with Gasteiger partial charge in [0.1, 0.15) is 0 Å². The summed E-state index contributed by atoms with van der Waals surface area (Å²) in [6.07, 6.45) is 1.71. The fourth-order valence-corrected chi connectivity index (χ4v) is 2.00. The summed E-state index contributed by atoms with van der Waals surface area (Å²) in [7, 11) is 0. The standard InChI is InChI=1S/C13H9.3C3H6O2.Ti/c1-3-7-12-10(5-1)9-11-6-2-4-8-13(11)12;3*1-2-3(4)5;/h1-5,7-8H,9H2;3*2H2,1H3,(H,4,5);/q-1;;;;. The van der Waals surface area contributed by atoms with Crippen LogP contribution in [0, 0.1) is 6.07 Å². The van der Waals surface area contributed by atoms with Crippen molar-refractivity contribution in [2.24, 2.45) is 0 Å². The smallest absolute Gasteiger partial charge is 0.303 e. The van der Waals surface area contributed by atoms with Crippen LogP contribution in [0.4, 0.5) is 0 Å². The molecule has 0 saturated heterocycles. The van der Waals surface area contributed by atoms with Gasteiger partial charge in [0.05, 0.1) is 0 Å². The minimum absolute atomic E-state index is 0. The molecule has 0 spiro atoms. The van der Waals surface area contributed by atoms with Gasteiger partial charge in [-0.25, -0.2) is 0 Å². The maximum absolute atomic E-state index is 9.37. The maximum atomic E-state index is 9.37. The SMILES string of the molecule is CCC(=O)O.CCC(=O)O.CCC(=O)O.[Ti].[c-]1cccc2c1Cc1ccccc1-2. The first kappa shape index (κ1) is 28.8. The molecule has 3 rings (SSSR count). The number of benzene rings is 2. The van der Waals surface area contributed by atoms with Crippen LogP contribution >= 0.6 is 0 Å². The van der Waals surface area contributed by atoms with E-state index in [4.69, 9.17) is 15.3 Å². The van der Waals surface area contributed by atoms with E-state index in [2.05, 4.69) is 42.5 Å². The number of hydrogen-bond donors (Lipinski definition) is 3. The van der Waals surface area contributed by atoms with Gasteiger partial charge in [0.15, 0.2) is 0 Å². The van der Waals surface area contributed by atoms with E-state index in [1.165, 1.54) is 22.3 Å². The Kier molecular flexibility index (Phi) is 16.4.